The van der Waals surface area contributed by atoms with Gasteiger partial charge in [0.25, 0.3) is 0 Å². The summed E-state index contributed by atoms with van der Waals surface area (Å²) in [4.78, 5) is 2.44. The van der Waals surface area contributed by atoms with E-state index in [-0.39, 0.29) is 0 Å². The number of rotatable bonds is 4. The molecule has 1 aromatic rings. The molecule has 1 saturated heterocycles. The van der Waals surface area contributed by atoms with Crippen molar-refractivity contribution in [1.82, 2.24) is 5.32 Å². The van der Waals surface area contributed by atoms with E-state index in [1.807, 2.05) is 19.1 Å². The van der Waals surface area contributed by atoms with Crippen molar-refractivity contribution in [2.45, 2.75) is 52.1 Å². The van der Waals surface area contributed by atoms with E-state index in [0.717, 1.165) is 40.8 Å². The highest BCUT2D eigenvalue weighted by atomic mass is 35.5. The molecule has 1 aliphatic rings. The number of hydrogen-bond donors (Lipinski definition) is 1. The van der Waals surface area contributed by atoms with Crippen molar-refractivity contribution < 1.29 is 0 Å². The monoisotopic (exact) mass is 314 g/mol. The molecule has 1 N–H and O–H groups in total. The van der Waals surface area contributed by atoms with Gasteiger partial charge in [0.05, 0.1) is 10.7 Å². The van der Waals surface area contributed by atoms with Gasteiger partial charge in [-0.2, -0.15) is 0 Å². The predicted octanol–water partition coefficient (Wildman–Crippen LogP) is 4.66. The fourth-order valence-electron chi connectivity index (χ4n) is 2.92. The highest BCUT2D eigenvalue weighted by Gasteiger charge is 2.28. The quantitative estimate of drug-likeness (QED) is 0.869. The summed E-state index contributed by atoms with van der Waals surface area (Å²) in [6.45, 7) is 8.47. The van der Waals surface area contributed by atoms with Gasteiger partial charge >= 0.3 is 0 Å². The number of nitrogens with zero attached hydrogens (tertiary/aromatic N) is 1. The summed E-state index contributed by atoms with van der Waals surface area (Å²) in [5.74, 6) is 0. The Morgan fingerprint density at radius 2 is 2.00 bits per heavy atom. The lowest BCUT2D eigenvalue weighted by atomic mass is 10.0. The molecule has 1 fully saturated rings. The van der Waals surface area contributed by atoms with Gasteiger partial charge in [0.2, 0.25) is 0 Å². The van der Waals surface area contributed by atoms with Gasteiger partial charge in [-0.25, -0.2) is 0 Å². The first kappa shape index (κ1) is 15.9. The van der Waals surface area contributed by atoms with Crippen molar-refractivity contribution in [3.63, 3.8) is 0 Å². The van der Waals surface area contributed by atoms with Gasteiger partial charge in [0, 0.05) is 30.2 Å². The van der Waals surface area contributed by atoms with Crippen LogP contribution in [-0.2, 0) is 0 Å². The van der Waals surface area contributed by atoms with Crippen LogP contribution >= 0.6 is 23.2 Å². The molecule has 1 aromatic carbocycles. The van der Waals surface area contributed by atoms with E-state index in [1.54, 1.807) is 0 Å². The first-order chi connectivity index (χ1) is 9.56. The van der Waals surface area contributed by atoms with E-state index in [4.69, 9.17) is 23.2 Å². The molecule has 4 heteroatoms. The molecule has 112 valence electrons. The zero-order valence-electron chi connectivity index (χ0n) is 12.5. The summed E-state index contributed by atoms with van der Waals surface area (Å²) in [6.07, 6.45) is 3.50. The van der Waals surface area contributed by atoms with E-state index in [2.05, 4.69) is 24.1 Å². The number of anilines is 1. The fourth-order valence-corrected chi connectivity index (χ4v) is 3.41. The average Bonchev–Trinajstić information content (AvgIpc) is 2.43. The van der Waals surface area contributed by atoms with Crippen LogP contribution in [0.25, 0.3) is 0 Å². The summed E-state index contributed by atoms with van der Waals surface area (Å²) in [6, 6.07) is 5.03. The second kappa shape index (κ2) is 7.02. The van der Waals surface area contributed by atoms with Gasteiger partial charge in [-0.05, 0) is 37.5 Å². The van der Waals surface area contributed by atoms with Crippen molar-refractivity contribution in [2.75, 3.05) is 18.0 Å². The molecule has 0 spiro atoms. The zero-order valence-corrected chi connectivity index (χ0v) is 14.1. The third kappa shape index (κ3) is 3.41. The third-order valence-electron chi connectivity index (χ3n) is 4.15. The molecular formula is C16H24Cl2N2. The zero-order chi connectivity index (χ0) is 14.7. The van der Waals surface area contributed by atoms with Gasteiger partial charge in [-0.3, -0.25) is 0 Å². The minimum Gasteiger partial charge on any atom is -0.364 e. The van der Waals surface area contributed by atoms with Crippen molar-refractivity contribution in [3.8, 4) is 0 Å². The second-order valence-electron chi connectivity index (χ2n) is 5.66. The van der Waals surface area contributed by atoms with E-state index < -0.39 is 0 Å². The first-order valence-corrected chi connectivity index (χ1v) is 8.28. The van der Waals surface area contributed by atoms with Crippen LogP contribution in [0.3, 0.4) is 0 Å². The Morgan fingerprint density at radius 1 is 1.25 bits per heavy atom. The first-order valence-electron chi connectivity index (χ1n) is 7.52. The molecule has 0 aromatic heterocycles. The Kier molecular flexibility index (Phi) is 5.59. The Balaban J connectivity index is 2.28. The second-order valence-corrected chi connectivity index (χ2v) is 6.48. The van der Waals surface area contributed by atoms with Crippen molar-refractivity contribution >= 4 is 28.9 Å². The highest BCUT2D eigenvalue weighted by Crippen LogP contribution is 2.34. The van der Waals surface area contributed by atoms with Gasteiger partial charge in [-0.1, -0.05) is 43.5 Å². The summed E-state index contributed by atoms with van der Waals surface area (Å²) in [5, 5.41) is 5.25. The van der Waals surface area contributed by atoms with Crippen LogP contribution in [0.15, 0.2) is 12.1 Å². The molecule has 0 aliphatic carbocycles. The maximum absolute atomic E-state index is 6.46. The lowest BCUT2D eigenvalue weighted by Crippen LogP contribution is -2.56. The van der Waals surface area contributed by atoms with Crippen LogP contribution in [0.1, 0.15) is 38.7 Å². The van der Waals surface area contributed by atoms with Gasteiger partial charge in [0.1, 0.15) is 0 Å². The summed E-state index contributed by atoms with van der Waals surface area (Å²) in [5.41, 5.74) is 2.12. The number of benzene rings is 1. The molecule has 20 heavy (non-hydrogen) atoms. The van der Waals surface area contributed by atoms with Crippen LogP contribution in [0, 0.1) is 6.92 Å². The fraction of sp³-hybridized carbons (Fsp3) is 0.625. The van der Waals surface area contributed by atoms with Gasteiger partial charge in [0.15, 0.2) is 0 Å². The van der Waals surface area contributed by atoms with Crippen molar-refractivity contribution in [2.24, 2.45) is 0 Å². The summed E-state index contributed by atoms with van der Waals surface area (Å²) >= 11 is 12.8. The maximum Gasteiger partial charge on any atom is 0.0643 e. The predicted molar refractivity (Wildman–Crippen MR) is 89.3 cm³/mol. The molecule has 0 radical (unpaired) electrons. The van der Waals surface area contributed by atoms with Crippen LogP contribution in [0.4, 0.5) is 5.69 Å². The molecule has 2 nitrogen and oxygen atoms in total. The molecule has 2 rings (SSSR count). The summed E-state index contributed by atoms with van der Waals surface area (Å²) < 4.78 is 0. The lowest BCUT2D eigenvalue weighted by Gasteiger charge is -2.42. The Morgan fingerprint density at radius 3 is 2.65 bits per heavy atom. The van der Waals surface area contributed by atoms with Crippen LogP contribution < -0.4 is 10.2 Å². The molecule has 0 bridgehead atoms. The van der Waals surface area contributed by atoms with Crippen LogP contribution in [0.5, 0.6) is 0 Å². The van der Waals surface area contributed by atoms with E-state index in [9.17, 15) is 0 Å². The molecule has 0 amide bonds. The number of aryl methyl sites for hydroxylation is 1. The van der Waals surface area contributed by atoms with Crippen LogP contribution in [0.2, 0.25) is 10.0 Å². The minimum atomic E-state index is 0.486. The highest BCUT2D eigenvalue weighted by molar-refractivity contribution is 6.35. The molecular weight excluding hydrogens is 291 g/mol. The van der Waals surface area contributed by atoms with Gasteiger partial charge in [-0.15, -0.1) is 0 Å². The number of piperazine rings is 1. The molecule has 1 heterocycles. The average molecular weight is 315 g/mol. The standard InChI is InChI=1S/C16H24Cl2N2/c1-4-6-12-10-20(13(5-2)9-19-12)16-8-14(17)11(3)7-15(16)18/h7-8,12-13,19H,4-6,9-10H2,1-3H3. The molecule has 2 atom stereocenters. The Labute approximate surface area is 132 Å². The Hall–Kier alpha value is -0.440. The van der Waals surface area contributed by atoms with Gasteiger partial charge < -0.3 is 10.2 Å². The smallest absolute Gasteiger partial charge is 0.0643 e. The lowest BCUT2D eigenvalue weighted by molar-refractivity contribution is 0.369. The number of nitrogens with one attached hydrogen (secondary N) is 1. The van der Waals surface area contributed by atoms with E-state index in [1.165, 1.54) is 12.8 Å². The number of halogens is 2. The Bertz CT molecular complexity index is 462. The van der Waals surface area contributed by atoms with Crippen molar-refractivity contribution in [1.29, 1.82) is 0 Å². The topological polar surface area (TPSA) is 15.3 Å². The SMILES string of the molecule is CCCC1CN(c2cc(Cl)c(C)cc2Cl)C(CC)CN1. The molecule has 1 aliphatic heterocycles. The van der Waals surface area contributed by atoms with E-state index in [0.29, 0.717) is 12.1 Å². The third-order valence-corrected chi connectivity index (χ3v) is 4.86. The normalized spacial score (nSPS) is 23.1. The molecule has 2 unspecified atom stereocenters. The van der Waals surface area contributed by atoms with Crippen molar-refractivity contribution in [3.05, 3.63) is 27.7 Å². The number of hydrogen-bond acceptors (Lipinski definition) is 2. The van der Waals surface area contributed by atoms with E-state index >= 15 is 0 Å². The molecule has 0 saturated carbocycles. The van der Waals surface area contributed by atoms with Crippen LogP contribution in [-0.4, -0.2) is 25.2 Å². The maximum atomic E-state index is 6.46. The summed E-state index contributed by atoms with van der Waals surface area (Å²) in [7, 11) is 0. The minimum absolute atomic E-state index is 0.486. The largest absolute Gasteiger partial charge is 0.364 e.